The third-order valence-corrected chi connectivity index (χ3v) is 5.90. The fraction of sp³-hybridized carbons (Fsp3) is 0.263. The molecule has 0 bridgehead atoms. The van der Waals surface area contributed by atoms with Gasteiger partial charge >= 0.3 is 0 Å². The third kappa shape index (κ3) is 3.01. The summed E-state index contributed by atoms with van der Waals surface area (Å²) in [6.45, 7) is 2.28. The lowest BCUT2D eigenvalue weighted by molar-refractivity contribution is 0.317. The predicted molar refractivity (Wildman–Crippen MR) is 102 cm³/mol. The highest BCUT2D eigenvalue weighted by molar-refractivity contribution is 8.00. The number of hydrogen-bond donors (Lipinski definition) is 1. The van der Waals surface area contributed by atoms with Gasteiger partial charge in [0.2, 0.25) is 0 Å². The number of nitrogens with zero attached hydrogens (tertiary/aromatic N) is 1. The van der Waals surface area contributed by atoms with E-state index in [1.54, 1.807) is 5.57 Å². The maximum Gasteiger partial charge on any atom is 0.0441 e. The van der Waals surface area contributed by atoms with Gasteiger partial charge in [-0.25, -0.2) is 0 Å². The standard InChI is InChI=1S/C19H20N2S.ClH/c1-21-11-10-16-18(12-21)22-17-5-3-2-4-15(17)19(16)13-6-8-14(20)9-7-13;/h2-9,18H,10-12,20H2,1H3;1H. The number of nitrogen functional groups attached to an aromatic ring is 1. The Balaban J connectivity index is 0.00000156. The summed E-state index contributed by atoms with van der Waals surface area (Å²) in [6, 6.07) is 17.2. The normalized spacial score (nSPS) is 20.5. The SMILES string of the molecule is CN1CCC2=C(c3ccc(N)cc3)c3ccccc3SC2C1.Cl. The minimum absolute atomic E-state index is 0. The fourth-order valence-electron chi connectivity index (χ4n) is 3.44. The van der Waals surface area contributed by atoms with E-state index in [9.17, 15) is 0 Å². The van der Waals surface area contributed by atoms with Crippen LogP contribution in [0.3, 0.4) is 0 Å². The summed E-state index contributed by atoms with van der Waals surface area (Å²) >= 11 is 2.02. The minimum atomic E-state index is 0. The van der Waals surface area contributed by atoms with Gasteiger partial charge in [-0.15, -0.1) is 24.2 Å². The lowest BCUT2D eigenvalue weighted by Crippen LogP contribution is -2.37. The molecule has 0 radical (unpaired) electrons. The molecule has 2 aliphatic heterocycles. The first kappa shape index (κ1) is 16.4. The monoisotopic (exact) mass is 344 g/mol. The van der Waals surface area contributed by atoms with Crippen LogP contribution in [0.4, 0.5) is 5.69 Å². The Labute approximate surface area is 148 Å². The number of hydrogen-bond acceptors (Lipinski definition) is 3. The van der Waals surface area contributed by atoms with Gasteiger partial charge < -0.3 is 10.6 Å². The van der Waals surface area contributed by atoms with Gasteiger partial charge in [0.05, 0.1) is 0 Å². The number of anilines is 1. The van der Waals surface area contributed by atoms with Crippen molar-refractivity contribution >= 4 is 35.4 Å². The molecule has 0 aliphatic carbocycles. The zero-order valence-electron chi connectivity index (χ0n) is 13.2. The van der Waals surface area contributed by atoms with Gasteiger partial charge in [0.25, 0.3) is 0 Å². The van der Waals surface area contributed by atoms with E-state index in [1.165, 1.54) is 21.6 Å². The molecule has 1 unspecified atom stereocenters. The van der Waals surface area contributed by atoms with Crippen molar-refractivity contribution in [2.75, 3.05) is 25.9 Å². The van der Waals surface area contributed by atoms with Crippen molar-refractivity contribution in [2.45, 2.75) is 16.6 Å². The second kappa shape index (κ2) is 6.60. The number of benzene rings is 2. The summed E-state index contributed by atoms with van der Waals surface area (Å²) in [5, 5.41) is 0.571. The van der Waals surface area contributed by atoms with Crippen LogP contribution in [0, 0.1) is 0 Å². The number of likely N-dealkylation sites (tertiary alicyclic amines) is 1. The van der Waals surface area contributed by atoms with Gasteiger partial charge in [-0.3, -0.25) is 0 Å². The van der Waals surface area contributed by atoms with Crippen LogP contribution < -0.4 is 5.73 Å². The van der Waals surface area contributed by atoms with Crippen molar-refractivity contribution in [2.24, 2.45) is 0 Å². The molecule has 2 aromatic carbocycles. The first-order valence-electron chi connectivity index (χ1n) is 7.76. The Morgan fingerprint density at radius 2 is 1.83 bits per heavy atom. The molecule has 0 aromatic heterocycles. The molecule has 2 N–H and O–H groups in total. The Bertz CT molecular complexity index is 739. The molecule has 2 heterocycles. The van der Waals surface area contributed by atoms with Crippen LogP contribution >= 0.6 is 24.2 Å². The molecule has 2 nitrogen and oxygen atoms in total. The Morgan fingerprint density at radius 1 is 1.09 bits per heavy atom. The van der Waals surface area contributed by atoms with Gasteiger partial charge in [0.1, 0.15) is 0 Å². The molecule has 1 atom stereocenters. The summed E-state index contributed by atoms with van der Waals surface area (Å²) in [4.78, 5) is 3.84. The van der Waals surface area contributed by atoms with E-state index in [4.69, 9.17) is 5.73 Å². The Morgan fingerprint density at radius 3 is 2.61 bits per heavy atom. The van der Waals surface area contributed by atoms with Crippen LogP contribution in [0.15, 0.2) is 59.0 Å². The van der Waals surface area contributed by atoms with Crippen molar-refractivity contribution in [1.82, 2.24) is 4.90 Å². The summed E-state index contributed by atoms with van der Waals surface area (Å²) in [5.74, 6) is 0. The van der Waals surface area contributed by atoms with E-state index in [0.717, 1.165) is 25.2 Å². The zero-order chi connectivity index (χ0) is 15.1. The van der Waals surface area contributed by atoms with Crippen molar-refractivity contribution in [1.29, 1.82) is 0 Å². The first-order chi connectivity index (χ1) is 10.7. The van der Waals surface area contributed by atoms with Crippen LogP contribution in [0.1, 0.15) is 17.5 Å². The van der Waals surface area contributed by atoms with Gasteiger partial charge in [0.15, 0.2) is 0 Å². The van der Waals surface area contributed by atoms with E-state index < -0.39 is 0 Å². The summed E-state index contributed by atoms with van der Waals surface area (Å²) in [7, 11) is 2.22. The topological polar surface area (TPSA) is 29.3 Å². The van der Waals surface area contributed by atoms with Crippen molar-refractivity contribution < 1.29 is 0 Å². The predicted octanol–water partition coefficient (Wildman–Crippen LogP) is 4.30. The van der Waals surface area contributed by atoms with E-state index >= 15 is 0 Å². The van der Waals surface area contributed by atoms with Gasteiger partial charge in [-0.2, -0.15) is 0 Å². The average Bonchev–Trinajstić information content (AvgIpc) is 2.53. The van der Waals surface area contributed by atoms with E-state index in [0.29, 0.717) is 5.25 Å². The lowest BCUT2D eigenvalue weighted by atomic mass is 9.87. The highest BCUT2D eigenvalue weighted by atomic mass is 35.5. The highest BCUT2D eigenvalue weighted by Gasteiger charge is 2.31. The van der Waals surface area contributed by atoms with Crippen LogP contribution in [-0.4, -0.2) is 30.3 Å². The maximum absolute atomic E-state index is 5.87. The van der Waals surface area contributed by atoms with Crippen molar-refractivity contribution in [3.63, 3.8) is 0 Å². The number of halogens is 1. The molecule has 0 saturated carbocycles. The quantitative estimate of drug-likeness (QED) is 0.782. The molecule has 1 saturated heterocycles. The molecule has 2 aromatic rings. The number of thioether (sulfide) groups is 1. The first-order valence-corrected chi connectivity index (χ1v) is 8.64. The van der Waals surface area contributed by atoms with Crippen LogP contribution in [0.2, 0.25) is 0 Å². The molecular formula is C19H21ClN2S. The van der Waals surface area contributed by atoms with Crippen LogP contribution in [0.5, 0.6) is 0 Å². The number of piperidine rings is 1. The molecule has 1 fully saturated rings. The molecule has 2 aliphatic rings. The van der Waals surface area contributed by atoms with E-state index in [2.05, 4.69) is 48.3 Å². The van der Waals surface area contributed by atoms with Gasteiger partial charge in [-0.05, 0) is 53.9 Å². The minimum Gasteiger partial charge on any atom is -0.399 e. The average molecular weight is 345 g/mol. The second-order valence-electron chi connectivity index (χ2n) is 6.14. The summed E-state index contributed by atoms with van der Waals surface area (Å²) < 4.78 is 0. The molecule has 4 rings (SSSR count). The Kier molecular flexibility index (Phi) is 4.72. The lowest BCUT2D eigenvalue weighted by Gasteiger charge is -2.37. The van der Waals surface area contributed by atoms with Crippen molar-refractivity contribution in [3.05, 3.63) is 65.2 Å². The third-order valence-electron chi connectivity index (χ3n) is 4.58. The molecule has 0 amide bonds. The zero-order valence-corrected chi connectivity index (χ0v) is 14.8. The summed E-state index contributed by atoms with van der Waals surface area (Å²) in [5.41, 5.74) is 12.4. The van der Waals surface area contributed by atoms with Crippen molar-refractivity contribution in [3.8, 4) is 0 Å². The number of fused-ring (bicyclic) bond motifs is 2. The number of nitrogens with two attached hydrogens (primary N) is 1. The van der Waals surface area contributed by atoms with E-state index in [-0.39, 0.29) is 12.4 Å². The molecule has 4 heteroatoms. The fourth-order valence-corrected chi connectivity index (χ4v) is 4.91. The van der Waals surface area contributed by atoms with Gasteiger partial charge in [0, 0.05) is 28.9 Å². The van der Waals surface area contributed by atoms with E-state index in [1.807, 2.05) is 23.9 Å². The molecule has 23 heavy (non-hydrogen) atoms. The smallest absolute Gasteiger partial charge is 0.0441 e. The summed E-state index contributed by atoms with van der Waals surface area (Å²) in [6.07, 6.45) is 1.15. The molecule has 0 spiro atoms. The van der Waals surface area contributed by atoms with Crippen LogP contribution in [0.25, 0.3) is 5.57 Å². The Hall–Kier alpha value is -1.42. The molecule has 120 valence electrons. The maximum atomic E-state index is 5.87. The molecular weight excluding hydrogens is 324 g/mol. The van der Waals surface area contributed by atoms with Crippen LogP contribution in [-0.2, 0) is 0 Å². The second-order valence-corrected chi connectivity index (χ2v) is 7.38. The van der Waals surface area contributed by atoms with Gasteiger partial charge in [-0.1, -0.05) is 30.3 Å². The highest BCUT2D eigenvalue weighted by Crippen LogP contribution is 2.47. The number of rotatable bonds is 1. The largest absolute Gasteiger partial charge is 0.399 e.